The van der Waals surface area contributed by atoms with Gasteiger partial charge in [0.15, 0.2) is 0 Å². The zero-order valence-electron chi connectivity index (χ0n) is 5.46. The van der Waals surface area contributed by atoms with E-state index in [9.17, 15) is 0 Å². The summed E-state index contributed by atoms with van der Waals surface area (Å²) in [7, 11) is 0. The van der Waals surface area contributed by atoms with E-state index in [0.29, 0.717) is 10.2 Å². The van der Waals surface area contributed by atoms with Crippen molar-refractivity contribution in [2.75, 3.05) is 0 Å². The van der Waals surface area contributed by atoms with E-state index >= 15 is 0 Å². The van der Waals surface area contributed by atoms with Gasteiger partial charge in [-0.25, -0.2) is 0 Å². The van der Waals surface area contributed by atoms with Crippen LogP contribution in [0.25, 0.3) is 5.52 Å². The highest BCUT2D eigenvalue weighted by atomic mass is 35.5. The van der Waals surface area contributed by atoms with Crippen LogP contribution in [0.2, 0.25) is 10.2 Å². The molecular formula is C7H4Cl2N2. The summed E-state index contributed by atoms with van der Waals surface area (Å²) >= 11 is 11.6. The third-order valence-corrected chi connectivity index (χ3v) is 2.24. The minimum atomic E-state index is 0.532. The molecule has 0 amide bonds. The number of halogens is 2. The van der Waals surface area contributed by atoms with Gasteiger partial charge in [-0.1, -0.05) is 23.2 Å². The number of hydrogen-bond donors (Lipinski definition) is 0. The van der Waals surface area contributed by atoms with Crippen LogP contribution in [0.4, 0.5) is 0 Å². The first-order valence-electron chi connectivity index (χ1n) is 3.05. The van der Waals surface area contributed by atoms with Gasteiger partial charge in [-0.15, -0.1) is 0 Å². The molecule has 2 rings (SSSR count). The molecule has 0 aliphatic rings. The van der Waals surface area contributed by atoms with E-state index in [2.05, 4.69) is 4.98 Å². The Bertz CT molecular complexity index is 394. The highest BCUT2D eigenvalue weighted by Gasteiger charge is 2.03. The Morgan fingerprint density at radius 1 is 1.36 bits per heavy atom. The van der Waals surface area contributed by atoms with Gasteiger partial charge in [0.25, 0.3) is 0 Å². The number of rotatable bonds is 0. The molecule has 0 atom stereocenters. The van der Waals surface area contributed by atoms with Crippen LogP contribution in [0, 0.1) is 0 Å². The minimum absolute atomic E-state index is 0.532. The lowest BCUT2D eigenvalue weighted by atomic mass is 10.5. The molecule has 4 heteroatoms. The van der Waals surface area contributed by atoms with Crippen LogP contribution in [0.3, 0.4) is 0 Å². The first-order chi connectivity index (χ1) is 5.29. The van der Waals surface area contributed by atoms with Gasteiger partial charge in [0.1, 0.15) is 5.15 Å². The van der Waals surface area contributed by atoms with Crippen molar-refractivity contribution in [1.29, 1.82) is 0 Å². The van der Waals surface area contributed by atoms with Crippen molar-refractivity contribution < 1.29 is 0 Å². The maximum atomic E-state index is 5.84. The van der Waals surface area contributed by atoms with Gasteiger partial charge >= 0.3 is 0 Å². The number of aromatic nitrogens is 2. The van der Waals surface area contributed by atoms with Crippen LogP contribution in [-0.2, 0) is 0 Å². The summed E-state index contributed by atoms with van der Waals surface area (Å²) in [6, 6.07) is 1.77. The highest BCUT2D eigenvalue weighted by molar-refractivity contribution is 6.42. The number of fused-ring (bicyclic) bond motifs is 1. The van der Waals surface area contributed by atoms with E-state index in [1.54, 1.807) is 29.1 Å². The fourth-order valence-electron chi connectivity index (χ4n) is 0.963. The molecular weight excluding hydrogens is 183 g/mol. The predicted molar refractivity (Wildman–Crippen MR) is 45.2 cm³/mol. The Kier molecular flexibility index (Phi) is 1.51. The normalized spacial score (nSPS) is 10.7. The van der Waals surface area contributed by atoms with E-state index in [0.717, 1.165) is 5.52 Å². The van der Waals surface area contributed by atoms with Crippen LogP contribution < -0.4 is 0 Å². The topological polar surface area (TPSA) is 17.3 Å². The van der Waals surface area contributed by atoms with Crippen molar-refractivity contribution in [3.63, 3.8) is 0 Å². The average Bonchev–Trinajstić information content (AvgIpc) is 2.30. The van der Waals surface area contributed by atoms with Crippen molar-refractivity contribution >= 4 is 28.7 Å². The van der Waals surface area contributed by atoms with Crippen molar-refractivity contribution in [1.82, 2.24) is 9.38 Å². The van der Waals surface area contributed by atoms with Crippen molar-refractivity contribution in [2.45, 2.75) is 0 Å². The molecule has 0 saturated heterocycles. The quantitative estimate of drug-likeness (QED) is 0.619. The van der Waals surface area contributed by atoms with Crippen LogP contribution in [-0.4, -0.2) is 9.38 Å². The molecule has 2 aromatic rings. The molecule has 11 heavy (non-hydrogen) atoms. The molecule has 2 nitrogen and oxygen atoms in total. The first-order valence-corrected chi connectivity index (χ1v) is 3.81. The summed E-state index contributed by atoms with van der Waals surface area (Å²) in [4.78, 5) is 3.93. The fraction of sp³-hybridized carbons (Fsp3) is 0. The van der Waals surface area contributed by atoms with E-state index in [1.165, 1.54) is 0 Å². The van der Waals surface area contributed by atoms with E-state index in [4.69, 9.17) is 23.2 Å². The first kappa shape index (κ1) is 6.95. The Morgan fingerprint density at radius 2 is 2.18 bits per heavy atom. The third-order valence-electron chi connectivity index (χ3n) is 1.47. The summed E-state index contributed by atoms with van der Waals surface area (Å²) in [6.45, 7) is 0. The molecule has 0 radical (unpaired) electrons. The molecule has 0 bridgehead atoms. The second kappa shape index (κ2) is 2.40. The van der Waals surface area contributed by atoms with Gasteiger partial charge in [0.2, 0.25) is 0 Å². The van der Waals surface area contributed by atoms with Gasteiger partial charge in [-0.3, -0.25) is 4.98 Å². The molecule has 56 valence electrons. The summed E-state index contributed by atoms with van der Waals surface area (Å²) in [5.74, 6) is 0. The summed E-state index contributed by atoms with van der Waals surface area (Å²) in [5, 5.41) is 1.09. The zero-order chi connectivity index (χ0) is 7.84. The number of hydrogen-bond acceptors (Lipinski definition) is 1. The second-order valence-corrected chi connectivity index (χ2v) is 2.92. The maximum Gasteiger partial charge on any atom is 0.132 e. The maximum absolute atomic E-state index is 5.84. The molecule has 0 fully saturated rings. The van der Waals surface area contributed by atoms with E-state index < -0.39 is 0 Å². The molecule has 0 aromatic carbocycles. The molecule has 2 heterocycles. The summed E-state index contributed by atoms with van der Waals surface area (Å²) in [5.41, 5.74) is 0.905. The molecule has 2 aromatic heterocycles. The Labute approximate surface area is 73.4 Å². The van der Waals surface area contributed by atoms with Crippen molar-refractivity contribution in [3.8, 4) is 0 Å². The van der Waals surface area contributed by atoms with Gasteiger partial charge in [0, 0.05) is 12.4 Å². The molecule has 0 spiro atoms. The average molecular weight is 187 g/mol. The summed E-state index contributed by atoms with van der Waals surface area (Å²) in [6.07, 6.45) is 5.14. The number of nitrogens with zero attached hydrogens (tertiary/aromatic N) is 2. The van der Waals surface area contributed by atoms with Crippen molar-refractivity contribution in [2.24, 2.45) is 0 Å². The molecule has 0 saturated carbocycles. The Balaban J connectivity index is 2.92. The molecule has 0 aliphatic heterocycles. The standard InChI is InChI=1S/C7H4Cl2N2/c8-6-3-5-4-10-1-2-11(5)7(6)9/h1-4H. The van der Waals surface area contributed by atoms with Gasteiger partial charge in [-0.05, 0) is 6.07 Å². The lowest BCUT2D eigenvalue weighted by Gasteiger charge is -1.92. The highest BCUT2D eigenvalue weighted by Crippen LogP contribution is 2.25. The van der Waals surface area contributed by atoms with Crippen LogP contribution in [0.5, 0.6) is 0 Å². The zero-order valence-corrected chi connectivity index (χ0v) is 6.97. The van der Waals surface area contributed by atoms with Crippen molar-refractivity contribution in [3.05, 3.63) is 34.8 Å². The summed E-state index contributed by atoms with van der Waals surface area (Å²) < 4.78 is 1.77. The van der Waals surface area contributed by atoms with Crippen LogP contribution in [0.1, 0.15) is 0 Å². The predicted octanol–water partition coefficient (Wildman–Crippen LogP) is 2.64. The SMILES string of the molecule is Clc1cc2cnccn2c1Cl. The Hall–Kier alpha value is -0.730. The largest absolute Gasteiger partial charge is 0.303 e. The van der Waals surface area contributed by atoms with Gasteiger partial charge in [0.05, 0.1) is 16.7 Å². The molecule has 0 unspecified atom stereocenters. The Morgan fingerprint density at radius 3 is 2.91 bits per heavy atom. The van der Waals surface area contributed by atoms with E-state index in [1.807, 2.05) is 0 Å². The van der Waals surface area contributed by atoms with Crippen LogP contribution >= 0.6 is 23.2 Å². The smallest absolute Gasteiger partial charge is 0.132 e. The third kappa shape index (κ3) is 0.988. The van der Waals surface area contributed by atoms with Crippen LogP contribution in [0.15, 0.2) is 24.7 Å². The fourth-order valence-corrected chi connectivity index (χ4v) is 1.37. The molecule has 0 aliphatic carbocycles. The molecule has 0 N–H and O–H groups in total. The van der Waals surface area contributed by atoms with Gasteiger partial charge < -0.3 is 4.40 Å². The minimum Gasteiger partial charge on any atom is -0.303 e. The second-order valence-electron chi connectivity index (χ2n) is 2.15. The lowest BCUT2D eigenvalue weighted by molar-refractivity contribution is 1.14. The lowest BCUT2D eigenvalue weighted by Crippen LogP contribution is -1.82. The monoisotopic (exact) mass is 186 g/mol. The van der Waals surface area contributed by atoms with E-state index in [-0.39, 0.29) is 0 Å². The van der Waals surface area contributed by atoms with Gasteiger partial charge in [-0.2, -0.15) is 0 Å².